The van der Waals surface area contributed by atoms with Gasteiger partial charge in [-0.3, -0.25) is 9.10 Å². The van der Waals surface area contributed by atoms with E-state index in [1.807, 2.05) is 26.0 Å². The number of halogens is 1. The molecule has 0 radical (unpaired) electrons. The van der Waals surface area contributed by atoms with E-state index in [-0.39, 0.29) is 21.6 Å². The number of hydrogen-bond acceptors (Lipinski definition) is 5. The molecule has 1 atom stereocenters. The molecule has 1 amide bonds. The SMILES string of the molecule is COc1ccc([C@H](C)NC(=O)CN(c2ccc(OC)c(Cl)c2)S(=O)(=O)c2ccc(C)cc2)cc1. The zero-order chi connectivity index (χ0) is 24.9. The van der Waals surface area contributed by atoms with Crippen molar-refractivity contribution in [2.24, 2.45) is 0 Å². The molecule has 0 saturated carbocycles. The Kier molecular flexibility index (Phi) is 8.06. The number of amides is 1. The Morgan fingerprint density at radius 1 is 1.00 bits per heavy atom. The third-order valence-electron chi connectivity index (χ3n) is 5.31. The molecule has 0 spiro atoms. The molecular formula is C25H27ClN2O5S. The third-order valence-corrected chi connectivity index (χ3v) is 7.40. The van der Waals surface area contributed by atoms with Gasteiger partial charge in [-0.05, 0) is 61.9 Å². The second-order valence-electron chi connectivity index (χ2n) is 7.71. The molecule has 7 nitrogen and oxygen atoms in total. The molecule has 0 unspecified atom stereocenters. The average molecular weight is 503 g/mol. The number of hydrogen-bond donors (Lipinski definition) is 1. The fraction of sp³-hybridized carbons (Fsp3) is 0.240. The van der Waals surface area contributed by atoms with Crippen molar-refractivity contribution in [3.8, 4) is 11.5 Å². The molecule has 0 saturated heterocycles. The van der Waals surface area contributed by atoms with Crippen LogP contribution in [0.5, 0.6) is 11.5 Å². The highest BCUT2D eigenvalue weighted by Gasteiger charge is 2.28. The van der Waals surface area contributed by atoms with E-state index in [4.69, 9.17) is 21.1 Å². The summed E-state index contributed by atoms with van der Waals surface area (Å²) in [5.41, 5.74) is 2.03. The monoisotopic (exact) mass is 502 g/mol. The highest BCUT2D eigenvalue weighted by atomic mass is 35.5. The highest BCUT2D eigenvalue weighted by molar-refractivity contribution is 7.92. The minimum atomic E-state index is -4.06. The Labute approximate surface area is 205 Å². The number of nitrogens with one attached hydrogen (secondary N) is 1. The lowest BCUT2D eigenvalue weighted by atomic mass is 10.1. The van der Waals surface area contributed by atoms with Gasteiger partial charge in [-0.1, -0.05) is 41.4 Å². The highest BCUT2D eigenvalue weighted by Crippen LogP contribution is 2.32. The van der Waals surface area contributed by atoms with Crippen molar-refractivity contribution in [2.75, 3.05) is 25.1 Å². The smallest absolute Gasteiger partial charge is 0.264 e. The predicted octanol–water partition coefficient (Wildman–Crippen LogP) is 4.74. The number of ether oxygens (including phenoxy) is 2. The van der Waals surface area contributed by atoms with Gasteiger partial charge in [-0.2, -0.15) is 0 Å². The number of carbonyl (C=O) groups is 1. The van der Waals surface area contributed by atoms with Gasteiger partial charge in [0.15, 0.2) is 0 Å². The first kappa shape index (κ1) is 25.4. The van der Waals surface area contributed by atoms with Crippen molar-refractivity contribution >= 4 is 33.2 Å². The van der Waals surface area contributed by atoms with E-state index in [1.54, 1.807) is 43.5 Å². The molecule has 0 bridgehead atoms. The molecule has 1 N–H and O–H groups in total. The maximum Gasteiger partial charge on any atom is 0.264 e. The van der Waals surface area contributed by atoms with Crippen LogP contribution in [-0.2, 0) is 14.8 Å². The van der Waals surface area contributed by atoms with Crippen molar-refractivity contribution in [3.05, 3.63) is 82.9 Å². The van der Waals surface area contributed by atoms with Gasteiger partial charge in [-0.15, -0.1) is 0 Å². The summed E-state index contributed by atoms with van der Waals surface area (Å²) in [5.74, 6) is 0.635. The van der Waals surface area contributed by atoms with Crippen LogP contribution in [0, 0.1) is 6.92 Å². The molecule has 0 aliphatic carbocycles. The molecule has 0 fully saturated rings. The van der Waals surface area contributed by atoms with Crippen LogP contribution in [-0.4, -0.2) is 35.1 Å². The van der Waals surface area contributed by atoms with E-state index < -0.39 is 22.5 Å². The molecular weight excluding hydrogens is 476 g/mol. The normalized spacial score (nSPS) is 12.0. The van der Waals surface area contributed by atoms with Crippen LogP contribution < -0.4 is 19.1 Å². The zero-order valence-corrected chi connectivity index (χ0v) is 21.0. The first-order valence-electron chi connectivity index (χ1n) is 10.5. The summed E-state index contributed by atoms with van der Waals surface area (Å²) in [6.07, 6.45) is 0. The number of carbonyl (C=O) groups excluding carboxylic acids is 1. The zero-order valence-electron chi connectivity index (χ0n) is 19.4. The maximum absolute atomic E-state index is 13.5. The molecule has 180 valence electrons. The molecule has 0 heterocycles. The number of anilines is 1. The van der Waals surface area contributed by atoms with Gasteiger partial charge in [0.1, 0.15) is 18.0 Å². The lowest BCUT2D eigenvalue weighted by Gasteiger charge is -2.25. The Bertz CT molecular complexity index is 1250. The van der Waals surface area contributed by atoms with Gasteiger partial charge in [0.05, 0.1) is 35.9 Å². The second kappa shape index (κ2) is 10.8. The summed E-state index contributed by atoms with van der Waals surface area (Å²) < 4.78 is 38.4. The van der Waals surface area contributed by atoms with Crippen molar-refractivity contribution < 1.29 is 22.7 Å². The molecule has 34 heavy (non-hydrogen) atoms. The Morgan fingerprint density at radius 2 is 1.65 bits per heavy atom. The fourth-order valence-electron chi connectivity index (χ4n) is 3.36. The number of nitrogens with zero attached hydrogens (tertiary/aromatic N) is 1. The number of benzene rings is 3. The average Bonchev–Trinajstić information content (AvgIpc) is 2.82. The van der Waals surface area contributed by atoms with Crippen LogP contribution in [0.4, 0.5) is 5.69 Å². The Morgan fingerprint density at radius 3 is 2.21 bits per heavy atom. The van der Waals surface area contributed by atoms with Crippen LogP contribution in [0.2, 0.25) is 5.02 Å². The van der Waals surface area contributed by atoms with E-state index in [2.05, 4.69) is 5.32 Å². The van der Waals surface area contributed by atoms with E-state index >= 15 is 0 Å². The van der Waals surface area contributed by atoms with Gasteiger partial charge in [0.25, 0.3) is 10.0 Å². The van der Waals surface area contributed by atoms with Crippen molar-refractivity contribution in [1.82, 2.24) is 5.32 Å². The molecule has 0 aliphatic heterocycles. The summed E-state index contributed by atoms with van der Waals surface area (Å²) in [7, 11) is -1.01. The van der Waals surface area contributed by atoms with Gasteiger partial charge >= 0.3 is 0 Å². The molecule has 0 aliphatic rings. The van der Waals surface area contributed by atoms with Crippen LogP contribution in [0.1, 0.15) is 24.1 Å². The van der Waals surface area contributed by atoms with Crippen molar-refractivity contribution in [3.63, 3.8) is 0 Å². The standard InChI is InChI=1S/C25H27ClN2O5S/c1-17-5-12-22(13-6-17)34(30,31)28(20-9-14-24(33-4)23(26)15-20)16-25(29)27-18(2)19-7-10-21(32-3)11-8-19/h5-15,18H,16H2,1-4H3,(H,27,29)/t18-/m0/s1. The predicted molar refractivity (Wildman–Crippen MR) is 133 cm³/mol. The second-order valence-corrected chi connectivity index (χ2v) is 9.98. The summed E-state index contributed by atoms with van der Waals surface area (Å²) in [5, 5.41) is 3.09. The molecule has 0 aromatic heterocycles. The van der Waals surface area contributed by atoms with Gasteiger partial charge in [-0.25, -0.2) is 8.42 Å². The summed E-state index contributed by atoms with van der Waals surface area (Å²) in [4.78, 5) is 13.0. The lowest BCUT2D eigenvalue weighted by molar-refractivity contribution is -0.120. The lowest BCUT2D eigenvalue weighted by Crippen LogP contribution is -2.41. The first-order chi connectivity index (χ1) is 16.1. The summed E-state index contributed by atoms with van der Waals surface area (Å²) >= 11 is 6.26. The topological polar surface area (TPSA) is 84.9 Å². The van der Waals surface area contributed by atoms with E-state index in [1.165, 1.54) is 25.3 Å². The third kappa shape index (κ3) is 5.81. The number of rotatable bonds is 9. The maximum atomic E-state index is 13.5. The minimum Gasteiger partial charge on any atom is -0.497 e. The van der Waals surface area contributed by atoms with Crippen LogP contribution in [0.25, 0.3) is 0 Å². The van der Waals surface area contributed by atoms with E-state index in [0.717, 1.165) is 15.4 Å². The van der Waals surface area contributed by atoms with Gasteiger partial charge < -0.3 is 14.8 Å². The van der Waals surface area contributed by atoms with Crippen LogP contribution in [0.3, 0.4) is 0 Å². The minimum absolute atomic E-state index is 0.0704. The molecule has 3 aromatic rings. The molecule has 9 heteroatoms. The van der Waals surface area contributed by atoms with E-state index in [0.29, 0.717) is 11.5 Å². The van der Waals surface area contributed by atoms with Crippen molar-refractivity contribution in [2.45, 2.75) is 24.8 Å². The summed E-state index contributed by atoms with van der Waals surface area (Å²) in [6.45, 7) is 3.26. The fourth-order valence-corrected chi connectivity index (χ4v) is 5.02. The number of aryl methyl sites for hydroxylation is 1. The van der Waals surface area contributed by atoms with Gasteiger partial charge in [0, 0.05) is 0 Å². The van der Waals surface area contributed by atoms with Crippen LogP contribution >= 0.6 is 11.6 Å². The molecule has 3 rings (SSSR count). The molecule has 3 aromatic carbocycles. The Hall–Kier alpha value is -3.23. The number of methoxy groups -OCH3 is 2. The van der Waals surface area contributed by atoms with E-state index in [9.17, 15) is 13.2 Å². The largest absolute Gasteiger partial charge is 0.497 e. The Balaban J connectivity index is 1.90. The van der Waals surface area contributed by atoms with Gasteiger partial charge in [0.2, 0.25) is 5.91 Å². The van der Waals surface area contributed by atoms with Crippen LogP contribution in [0.15, 0.2) is 71.6 Å². The van der Waals surface area contributed by atoms with Crippen molar-refractivity contribution in [1.29, 1.82) is 0 Å². The first-order valence-corrected chi connectivity index (χ1v) is 12.3. The number of sulfonamides is 1. The summed E-state index contributed by atoms with van der Waals surface area (Å²) in [6, 6.07) is 18.0. The quantitative estimate of drug-likeness (QED) is 0.457.